The Morgan fingerprint density at radius 2 is 1.69 bits per heavy atom. The molecule has 0 spiro atoms. The van der Waals surface area contributed by atoms with Gasteiger partial charge in [-0.3, -0.25) is 10.1 Å². The molecule has 0 aliphatic carbocycles. The fourth-order valence-corrected chi connectivity index (χ4v) is 1.03. The normalized spacial score (nSPS) is 10.4. The zero-order chi connectivity index (χ0) is 12.9. The molecule has 0 saturated heterocycles. The number of alkyl halides is 3. The average molecular weight is 235 g/mol. The van der Waals surface area contributed by atoms with E-state index in [0.29, 0.717) is 6.07 Å². The number of nitrogens with zero attached hydrogens (tertiary/aromatic N) is 1. The van der Waals surface area contributed by atoms with Crippen LogP contribution in [0.2, 0.25) is 0 Å². The molecule has 0 N–H and O–H groups in total. The Hall–Kier alpha value is -1.59. The summed E-state index contributed by atoms with van der Waals surface area (Å²) in [7, 11) is 0. The van der Waals surface area contributed by atoms with Gasteiger partial charge in [-0.15, -0.1) is 0 Å². The van der Waals surface area contributed by atoms with Gasteiger partial charge < -0.3 is 0 Å². The monoisotopic (exact) mass is 235 g/mol. The maximum atomic E-state index is 12.2. The zero-order valence-corrected chi connectivity index (χ0v) is 9.13. The molecule has 16 heavy (non-hydrogen) atoms. The van der Waals surface area contributed by atoms with Crippen LogP contribution in [0.15, 0.2) is 18.2 Å². The lowest BCUT2D eigenvalue weighted by Crippen LogP contribution is -2.06. The van der Waals surface area contributed by atoms with Gasteiger partial charge in [0.15, 0.2) is 0 Å². The van der Waals surface area contributed by atoms with E-state index in [9.17, 15) is 23.3 Å². The van der Waals surface area contributed by atoms with E-state index >= 15 is 0 Å². The van der Waals surface area contributed by atoms with E-state index in [2.05, 4.69) is 0 Å². The summed E-state index contributed by atoms with van der Waals surface area (Å²) in [6, 6.07) is 2.48. The van der Waals surface area contributed by atoms with Gasteiger partial charge in [0.25, 0.3) is 5.69 Å². The molecular weight excluding hydrogens is 223 g/mol. The molecule has 3 nitrogen and oxygen atoms in total. The van der Waals surface area contributed by atoms with Crippen molar-refractivity contribution < 1.29 is 18.1 Å². The fourth-order valence-electron chi connectivity index (χ4n) is 1.03. The van der Waals surface area contributed by atoms with E-state index in [-0.39, 0.29) is 5.56 Å². The van der Waals surface area contributed by atoms with Crippen molar-refractivity contribution in [1.82, 2.24) is 0 Å². The Kier molecular flexibility index (Phi) is 4.94. The molecule has 90 valence electrons. The zero-order valence-electron chi connectivity index (χ0n) is 9.13. The summed E-state index contributed by atoms with van der Waals surface area (Å²) in [6.45, 7) is 5.38. The first-order valence-corrected chi connectivity index (χ1v) is 4.64. The van der Waals surface area contributed by atoms with E-state index in [1.54, 1.807) is 0 Å². The van der Waals surface area contributed by atoms with Crippen molar-refractivity contribution in [2.45, 2.75) is 26.9 Å². The first-order valence-electron chi connectivity index (χ1n) is 4.64. The highest BCUT2D eigenvalue weighted by molar-refractivity contribution is 5.39. The van der Waals surface area contributed by atoms with E-state index in [1.807, 2.05) is 13.8 Å². The number of nitro groups is 1. The third kappa shape index (κ3) is 3.88. The number of hydrogen-bond acceptors (Lipinski definition) is 2. The Bertz CT molecular complexity index is 375. The second-order valence-corrected chi connectivity index (χ2v) is 2.81. The van der Waals surface area contributed by atoms with Gasteiger partial charge in [-0.05, 0) is 18.6 Å². The molecule has 0 fully saturated rings. The number of nitro benzene ring substituents is 1. The van der Waals surface area contributed by atoms with E-state index in [1.165, 1.54) is 6.92 Å². The van der Waals surface area contributed by atoms with Crippen LogP contribution in [0.25, 0.3) is 0 Å². The van der Waals surface area contributed by atoms with Crippen molar-refractivity contribution in [1.29, 1.82) is 0 Å². The highest BCUT2D eigenvalue weighted by Crippen LogP contribution is 2.32. The van der Waals surface area contributed by atoms with Gasteiger partial charge in [-0.1, -0.05) is 13.8 Å². The van der Waals surface area contributed by atoms with Crippen molar-refractivity contribution in [2.75, 3.05) is 0 Å². The number of benzene rings is 1. The minimum atomic E-state index is -4.54. The van der Waals surface area contributed by atoms with Crippen LogP contribution in [0.3, 0.4) is 0 Å². The van der Waals surface area contributed by atoms with E-state index in [4.69, 9.17) is 0 Å². The SMILES string of the molecule is CC.Cc1cc([N+](=O)[O-])cc(C(F)(F)F)c1. The summed E-state index contributed by atoms with van der Waals surface area (Å²) in [6.07, 6.45) is -4.54. The summed E-state index contributed by atoms with van der Waals surface area (Å²) in [5.74, 6) is 0. The van der Waals surface area contributed by atoms with Crippen LogP contribution in [0.5, 0.6) is 0 Å². The molecule has 1 aromatic rings. The molecule has 0 saturated carbocycles. The van der Waals surface area contributed by atoms with Gasteiger partial charge in [-0.2, -0.15) is 13.2 Å². The lowest BCUT2D eigenvalue weighted by molar-refractivity contribution is -0.385. The van der Waals surface area contributed by atoms with Crippen LogP contribution >= 0.6 is 0 Å². The topological polar surface area (TPSA) is 43.1 Å². The van der Waals surface area contributed by atoms with Crippen molar-refractivity contribution in [2.24, 2.45) is 0 Å². The molecule has 1 aromatic carbocycles. The van der Waals surface area contributed by atoms with Crippen LogP contribution in [0, 0.1) is 17.0 Å². The van der Waals surface area contributed by atoms with Crippen molar-refractivity contribution in [3.8, 4) is 0 Å². The molecule has 0 bridgehead atoms. The quantitative estimate of drug-likeness (QED) is 0.546. The largest absolute Gasteiger partial charge is 0.416 e. The first-order chi connectivity index (χ1) is 7.30. The highest BCUT2D eigenvalue weighted by Gasteiger charge is 2.32. The molecule has 6 heteroatoms. The summed E-state index contributed by atoms with van der Waals surface area (Å²) in [5.41, 5.74) is -1.33. The average Bonchev–Trinajstić information content (AvgIpc) is 2.18. The van der Waals surface area contributed by atoms with Gasteiger partial charge >= 0.3 is 6.18 Å². The maximum Gasteiger partial charge on any atom is 0.416 e. The maximum absolute atomic E-state index is 12.2. The van der Waals surface area contributed by atoms with E-state index in [0.717, 1.165) is 12.1 Å². The molecule has 0 radical (unpaired) electrons. The Morgan fingerprint density at radius 1 is 1.19 bits per heavy atom. The molecule has 0 heterocycles. The summed E-state index contributed by atoms with van der Waals surface area (Å²) < 4.78 is 36.6. The molecule has 0 aliphatic rings. The molecule has 0 aliphatic heterocycles. The summed E-state index contributed by atoms with van der Waals surface area (Å²) in [4.78, 5) is 9.43. The standard InChI is InChI=1S/C8H6F3NO2.C2H6/c1-5-2-6(8(9,10)11)4-7(3-5)12(13)14;1-2/h2-4H,1H3;1-2H3. The van der Waals surface area contributed by atoms with Gasteiger partial charge in [-0.25, -0.2) is 0 Å². The van der Waals surface area contributed by atoms with Crippen LogP contribution in [-0.4, -0.2) is 4.92 Å². The molecule has 0 unspecified atom stereocenters. The summed E-state index contributed by atoms with van der Waals surface area (Å²) >= 11 is 0. The first kappa shape index (κ1) is 14.4. The fraction of sp³-hybridized carbons (Fsp3) is 0.400. The van der Waals surface area contributed by atoms with Gasteiger partial charge in [0.2, 0.25) is 0 Å². The van der Waals surface area contributed by atoms with Crippen molar-refractivity contribution in [3.63, 3.8) is 0 Å². The predicted molar refractivity (Wildman–Crippen MR) is 54.2 cm³/mol. The van der Waals surface area contributed by atoms with Crippen LogP contribution < -0.4 is 0 Å². The van der Waals surface area contributed by atoms with Crippen LogP contribution in [-0.2, 0) is 6.18 Å². The summed E-state index contributed by atoms with van der Waals surface area (Å²) in [5, 5.41) is 10.3. The van der Waals surface area contributed by atoms with Crippen molar-refractivity contribution >= 4 is 5.69 Å². The van der Waals surface area contributed by atoms with Gasteiger partial charge in [0.05, 0.1) is 10.5 Å². The number of halogens is 3. The second-order valence-electron chi connectivity index (χ2n) is 2.81. The molecule has 0 aromatic heterocycles. The lowest BCUT2D eigenvalue weighted by atomic mass is 10.1. The van der Waals surface area contributed by atoms with Crippen LogP contribution in [0.1, 0.15) is 25.0 Å². The third-order valence-corrected chi connectivity index (χ3v) is 1.60. The predicted octanol–water partition coefficient (Wildman–Crippen LogP) is 3.95. The smallest absolute Gasteiger partial charge is 0.258 e. The Labute approximate surface area is 91.0 Å². The number of aryl methyl sites for hydroxylation is 1. The molecule has 1 rings (SSSR count). The Morgan fingerprint density at radius 3 is 2.06 bits per heavy atom. The van der Waals surface area contributed by atoms with Crippen molar-refractivity contribution in [3.05, 3.63) is 39.4 Å². The molecule has 0 atom stereocenters. The van der Waals surface area contributed by atoms with Gasteiger partial charge in [0.1, 0.15) is 0 Å². The molecule has 0 amide bonds. The number of rotatable bonds is 1. The minimum absolute atomic E-state index is 0.214. The number of hydrogen-bond donors (Lipinski definition) is 0. The number of non-ortho nitro benzene ring substituents is 1. The Balaban J connectivity index is 0.00000106. The minimum Gasteiger partial charge on any atom is -0.258 e. The van der Waals surface area contributed by atoms with Gasteiger partial charge in [0, 0.05) is 12.1 Å². The van der Waals surface area contributed by atoms with Crippen LogP contribution in [0.4, 0.5) is 18.9 Å². The third-order valence-electron chi connectivity index (χ3n) is 1.60. The molecular formula is C10H12F3NO2. The second kappa shape index (κ2) is 5.48. The van der Waals surface area contributed by atoms with E-state index < -0.39 is 22.4 Å². The lowest BCUT2D eigenvalue weighted by Gasteiger charge is -2.06. The highest BCUT2D eigenvalue weighted by atomic mass is 19.4.